The average molecular weight is 369 g/mol. The minimum absolute atomic E-state index is 0.110. The number of benzene rings is 1. The van der Waals surface area contributed by atoms with Crippen LogP contribution >= 0.6 is 11.6 Å². The van der Waals surface area contributed by atoms with Crippen LogP contribution in [0.4, 0.5) is 4.79 Å². The Morgan fingerprint density at radius 3 is 2.62 bits per heavy atom. The Morgan fingerprint density at radius 1 is 1.12 bits per heavy atom. The molecular formula is C19H17ClN4O2. The van der Waals surface area contributed by atoms with Crippen molar-refractivity contribution in [3.63, 3.8) is 0 Å². The van der Waals surface area contributed by atoms with E-state index in [2.05, 4.69) is 10.3 Å². The highest BCUT2D eigenvalue weighted by atomic mass is 35.5. The van der Waals surface area contributed by atoms with Crippen molar-refractivity contribution >= 4 is 29.2 Å². The standard InChI is InChI=1S/C19H17ClN4O2/c1-2-19(13-6-4-3-5-7-13)17(25)24(18(26)22-19)12-15-11-23-10-14(20)8-9-16(23)21-15/h3-11H,2,12H2,1H3,(H,22,26). The summed E-state index contributed by atoms with van der Waals surface area (Å²) in [6.45, 7) is 2.00. The quantitative estimate of drug-likeness (QED) is 0.718. The van der Waals surface area contributed by atoms with Gasteiger partial charge in [-0.1, -0.05) is 48.9 Å². The zero-order valence-corrected chi connectivity index (χ0v) is 14.9. The molecule has 1 aliphatic heterocycles. The van der Waals surface area contributed by atoms with Gasteiger partial charge in [0.2, 0.25) is 0 Å². The molecule has 7 heteroatoms. The SMILES string of the molecule is CCC1(c2ccccc2)NC(=O)N(Cc2cn3cc(Cl)ccc3n2)C1=O. The third-order valence-electron chi connectivity index (χ3n) is 4.76. The van der Waals surface area contributed by atoms with Crippen LogP contribution in [0.25, 0.3) is 5.65 Å². The molecule has 0 spiro atoms. The molecule has 3 amide bonds. The van der Waals surface area contributed by atoms with Gasteiger partial charge in [-0.3, -0.25) is 9.69 Å². The van der Waals surface area contributed by atoms with Gasteiger partial charge in [-0.05, 0) is 24.1 Å². The van der Waals surface area contributed by atoms with Crippen LogP contribution in [0, 0.1) is 0 Å². The van der Waals surface area contributed by atoms with Gasteiger partial charge in [0.1, 0.15) is 11.2 Å². The third kappa shape index (κ3) is 2.54. The van der Waals surface area contributed by atoms with Gasteiger partial charge in [0.05, 0.1) is 17.3 Å². The van der Waals surface area contributed by atoms with Crippen LogP contribution in [-0.4, -0.2) is 26.2 Å². The molecule has 1 aliphatic rings. The number of halogens is 1. The molecule has 0 saturated carbocycles. The Labute approximate surface area is 155 Å². The number of rotatable bonds is 4. The first-order chi connectivity index (χ1) is 12.5. The fraction of sp³-hybridized carbons (Fsp3) is 0.211. The molecule has 26 heavy (non-hydrogen) atoms. The Morgan fingerprint density at radius 2 is 1.88 bits per heavy atom. The number of hydrogen-bond acceptors (Lipinski definition) is 3. The molecule has 6 nitrogen and oxygen atoms in total. The lowest BCUT2D eigenvalue weighted by molar-refractivity contribution is -0.132. The molecule has 0 radical (unpaired) electrons. The largest absolute Gasteiger partial charge is 0.325 e. The predicted molar refractivity (Wildman–Crippen MR) is 97.7 cm³/mol. The van der Waals surface area contributed by atoms with Crippen LogP contribution in [0.1, 0.15) is 24.6 Å². The average Bonchev–Trinajstić information content (AvgIpc) is 3.15. The van der Waals surface area contributed by atoms with E-state index in [1.165, 1.54) is 4.90 Å². The van der Waals surface area contributed by atoms with E-state index in [-0.39, 0.29) is 12.5 Å². The lowest BCUT2D eigenvalue weighted by Gasteiger charge is -2.25. The van der Waals surface area contributed by atoms with Crippen molar-refractivity contribution in [1.29, 1.82) is 0 Å². The van der Waals surface area contributed by atoms with E-state index in [4.69, 9.17) is 11.6 Å². The van der Waals surface area contributed by atoms with Crippen LogP contribution in [-0.2, 0) is 16.9 Å². The molecule has 1 saturated heterocycles. The lowest BCUT2D eigenvalue weighted by Crippen LogP contribution is -2.43. The second kappa shape index (κ2) is 6.14. The summed E-state index contributed by atoms with van der Waals surface area (Å²) in [5.41, 5.74) is 1.09. The smallest absolute Gasteiger partial charge is 0.319 e. The van der Waals surface area contributed by atoms with Crippen molar-refractivity contribution in [3.05, 3.63) is 71.1 Å². The number of aromatic nitrogens is 2. The van der Waals surface area contributed by atoms with Gasteiger partial charge in [-0.25, -0.2) is 9.78 Å². The Kier molecular flexibility index (Phi) is 3.92. The number of imide groups is 1. The van der Waals surface area contributed by atoms with Crippen molar-refractivity contribution in [3.8, 4) is 0 Å². The highest BCUT2D eigenvalue weighted by Crippen LogP contribution is 2.33. The summed E-state index contributed by atoms with van der Waals surface area (Å²) in [5, 5.41) is 3.47. The van der Waals surface area contributed by atoms with Crippen molar-refractivity contribution in [2.45, 2.75) is 25.4 Å². The van der Waals surface area contributed by atoms with Crippen molar-refractivity contribution in [2.75, 3.05) is 0 Å². The van der Waals surface area contributed by atoms with Crippen LogP contribution in [0.15, 0.2) is 54.9 Å². The lowest BCUT2D eigenvalue weighted by atomic mass is 9.87. The van der Waals surface area contributed by atoms with E-state index in [1.807, 2.05) is 37.3 Å². The number of amides is 3. The minimum atomic E-state index is -1.03. The van der Waals surface area contributed by atoms with Gasteiger partial charge in [-0.2, -0.15) is 0 Å². The summed E-state index contributed by atoms with van der Waals surface area (Å²) in [4.78, 5) is 31.4. The molecule has 4 rings (SSSR count). The van der Waals surface area contributed by atoms with E-state index in [0.29, 0.717) is 22.8 Å². The summed E-state index contributed by atoms with van der Waals surface area (Å²) in [7, 11) is 0. The number of fused-ring (bicyclic) bond motifs is 1. The van der Waals surface area contributed by atoms with Gasteiger partial charge in [0.25, 0.3) is 5.91 Å². The zero-order chi connectivity index (χ0) is 18.3. The monoisotopic (exact) mass is 368 g/mol. The van der Waals surface area contributed by atoms with Crippen molar-refractivity contribution in [2.24, 2.45) is 0 Å². The molecule has 132 valence electrons. The van der Waals surface area contributed by atoms with E-state index >= 15 is 0 Å². The number of carbonyl (C=O) groups is 2. The highest BCUT2D eigenvalue weighted by molar-refractivity contribution is 6.30. The molecule has 1 aromatic carbocycles. The number of hydrogen-bond donors (Lipinski definition) is 1. The molecule has 2 aromatic heterocycles. The summed E-state index contributed by atoms with van der Waals surface area (Å²) in [6, 6.07) is 12.5. The number of carbonyl (C=O) groups excluding carboxylic acids is 2. The maximum Gasteiger partial charge on any atom is 0.325 e. The third-order valence-corrected chi connectivity index (χ3v) is 4.98. The first kappa shape index (κ1) is 16.6. The molecule has 1 N–H and O–H groups in total. The summed E-state index contributed by atoms with van der Waals surface area (Å²) >= 11 is 5.99. The fourth-order valence-electron chi connectivity index (χ4n) is 3.39. The summed E-state index contributed by atoms with van der Waals surface area (Å²) in [6.07, 6.45) is 3.98. The van der Waals surface area contributed by atoms with Crippen LogP contribution in [0.5, 0.6) is 0 Å². The van der Waals surface area contributed by atoms with Gasteiger partial charge in [0.15, 0.2) is 0 Å². The topological polar surface area (TPSA) is 66.7 Å². The fourth-order valence-corrected chi connectivity index (χ4v) is 3.56. The maximum absolute atomic E-state index is 13.1. The number of imidazole rings is 1. The Hall–Kier alpha value is -2.86. The molecule has 0 bridgehead atoms. The van der Waals surface area contributed by atoms with Crippen LogP contribution < -0.4 is 5.32 Å². The van der Waals surface area contributed by atoms with Crippen LogP contribution in [0.2, 0.25) is 5.02 Å². The first-order valence-electron chi connectivity index (χ1n) is 8.36. The van der Waals surface area contributed by atoms with E-state index in [1.54, 1.807) is 28.9 Å². The first-order valence-corrected chi connectivity index (χ1v) is 8.74. The highest BCUT2D eigenvalue weighted by Gasteiger charge is 2.51. The number of urea groups is 1. The second-order valence-electron chi connectivity index (χ2n) is 6.29. The number of nitrogens with zero attached hydrogens (tertiary/aromatic N) is 3. The zero-order valence-electron chi connectivity index (χ0n) is 14.1. The van der Waals surface area contributed by atoms with Crippen molar-refractivity contribution < 1.29 is 9.59 Å². The molecule has 1 unspecified atom stereocenters. The molecule has 1 atom stereocenters. The maximum atomic E-state index is 13.1. The minimum Gasteiger partial charge on any atom is -0.319 e. The number of pyridine rings is 1. The molecular weight excluding hydrogens is 352 g/mol. The van der Waals surface area contributed by atoms with Crippen LogP contribution in [0.3, 0.4) is 0 Å². The molecule has 0 aliphatic carbocycles. The molecule has 3 aromatic rings. The summed E-state index contributed by atoms with van der Waals surface area (Å²) < 4.78 is 1.78. The predicted octanol–water partition coefficient (Wildman–Crippen LogP) is 3.35. The van der Waals surface area contributed by atoms with E-state index in [9.17, 15) is 9.59 Å². The van der Waals surface area contributed by atoms with Crippen molar-refractivity contribution in [1.82, 2.24) is 19.6 Å². The van der Waals surface area contributed by atoms with Gasteiger partial charge >= 0.3 is 6.03 Å². The second-order valence-corrected chi connectivity index (χ2v) is 6.73. The Bertz CT molecular complexity index is 1000. The normalized spacial score (nSPS) is 20.0. The number of nitrogens with one attached hydrogen (secondary N) is 1. The molecule has 1 fully saturated rings. The summed E-state index contributed by atoms with van der Waals surface area (Å²) in [5.74, 6) is -0.258. The Balaban J connectivity index is 1.66. The van der Waals surface area contributed by atoms with E-state index < -0.39 is 11.6 Å². The van der Waals surface area contributed by atoms with Gasteiger partial charge < -0.3 is 9.72 Å². The van der Waals surface area contributed by atoms with Gasteiger partial charge in [0, 0.05) is 12.4 Å². The van der Waals surface area contributed by atoms with E-state index in [0.717, 1.165) is 5.56 Å². The molecule has 3 heterocycles. The van der Waals surface area contributed by atoms with Gasteiger partial charge in [-0.15, -0.1) is 0 Å².